The smallest absolute Gasteiger partial charge is 0.176 e. The summed E-state index contributed by atoms with van der Waals surface area (Å²) in [5.74, 6) is -0.191. The van der Waals surface area contributed by atoms with Crippen molar-refractivity contribution in [2.75, 3.05) is 12.5 Å². The summed E-state index contributed by atoms with van der Waals surface area (Å²) in [5.41, 5.74) is 5.14. The highest BCUT2D eigenvalue weighted by Crippen LogP contribution is 2.32. The van der Waals surface area contributed by atoms with Crippen molar-refractivity contribution >= 4 is 47.5 Å². The Bertz CT molecular complexity index is 2310. The maximum Gasteiger partial charge on any atom is 0.176 e. The van der Waals surface area contributed by atoms with Gasteiger partial charge >= 0.3 is 0 Å². The van der Waals surface area contributed by atoms with Gasteiger partial charge in [-0.1, -0.05) is 36.4 Å². The summed E-state index contributed by atoms with van der Waals surface area (Å²) in [6.07, 6.45) is 5.57. The number of aliphatic hydroxyl groups is 1. The van der Waals surface area contributed by atoms with Gasteiger partial charge in [0.15, 0.2) is 25.5 Å². The third-order valence-electron chi connectivity index (χ3n) is 6.88. The molecule has 0 unspecified atom stereocenters. The predicted octanol–water partition coefficient (Wildman–Crippen LogP) is 5.10. The molecule has 0 amide bonds. The fourth-order valence-electron chi connectivity index (χ4n) is 4.84. The van der Waals surface area contributed by atoms with Crippen LogP contribution in [0.15, 0.2) is 107 Å². The molecule has 0 atom stereocenters. The molecule has 10 nitrogen and oxygen atoms in total. The Balaban J connectivity index is 0.000000178. The molecule has 0 saturated heterocycles. The number of Topliss-reactive ketones (excluding diaryl/α,β-unsaturated/α-hetero) is 1. The van der Waals surface area contributed by atoms with E-state index >= 15 is 0 Å². The molecule has 1 N–H and O–H groups in total. The molecule has 228 valence electrons. The van der Waals surface area contributed by atoms with Crippen LogP contribution >= 0.6 is 0 Å². The van der Waals surface area contributed by atoms with Crippen LogP contribution in [0, 0.1) is 0 Å². The average molecular weight is 641 g/mol. The van der Waals surface area contributed by atoms with Gasteiger partial charge in [-0.15, -0.1) is 0 Å². The van der Waals surface area contributed by atoms with Crippen LogP contribution in [0.3, 0.4) is 0 Å². The largest absolute Gasteiger partial charge is 0.392 e. The molecule has 2 aromatic carbocycles. The van der Waals surface area contributed by atoms with E-state index in [9.17, 15) is 26.7 Å². The van der Waals surface area contributed by atoms with E-state index in [1.807, 2.05) is 0 Å². The molecule has 0 aliphatic heterocycles. The minimum absolute atomic E-state index is 0.151. The number of rotatable bonds is 6. The summed E-state index contributed by atoms with van der Waals surface area (Å²) >= 11 is 0. The van der Waals surface area contributed by atoms with Crippen molar-refractivity contribution in [1.29, 1.82) is 0 Å². The number of aliphatic hydroxyl groups excluding tert-OH is 1. The SMILES string of the molecule is CC(=O)c1cc2ncccc2nc1-c1ccccc1S(C)(=O)=O.CS(=O)(=O)c1ccccc1-c1nc2cccnc2cc1CO. The van der Waals surface area contributed by atoms with E-state index in [0.29, 0.717) is 55.7 Å². The van der Waals surface area contributed by atoms with Crippen LogP contribution in [-0.2, 0) is 26.3 Å². The van der Waals surface area contributed by atoms with Gasteiger partial charge < -0.3 is 5.11 Å². The number of sulfone groups is 2. The molecule has 4 heterocycles. The molecule has 12 heteroatoms. The summed E-state index contributed by atoms with van der Waals surface area (Å²) in [6, 6.07) is 23.7. The Morgan fingerprint density at radius 1 is 0.644 bits per heavy atom. The number of carbonyl (C=O) groups excluding carboxylic acids is 1. The topological polar surface area (TPSA) is 157 Å². The quantitative estimate of drug-likeness (QED) is 0.243. The first kappa shape index (κ1) is 31.5. The Morgan fingerprint density at radius 2 is 1.11 bits per heavy atom. The van der Waals surface area contributed by atoms with Gasteiger partial charge in [0.25, 0.3) is 0 Å². The molecule has 45 heavy (non-hydrogen) atoms. The molecule has 0 saturated carbocycles. The van der Waals surface area contributed by atoms with Gasteiger partial charge in [0.05, 0.1) is 49.9 Å². The van der Waals surface area contributed by atoms with E-state index in [4.69, 9.17) is 0 Å². The second-order valence-electron chi connectivity index (χ2n) is 10.2. The minimum atomic E-state index is -3.44. The molecular weight excluding hydrogens is 613 g/mol. The molecular formula is C33H28N4O6S2. The van der Waals surface area contributed by atoms with Crippen LogP contribution in [0.5, 0.6) is 0 Å². The van der Waals surface area contributed by atoms with Gasteiger partial charge in [0, 0.05) is 47.2 Å². The number of nitrogens with zero attached hydrogens (tertiary/aromatic N) is 4. The van der Waals surface area contributed by atoms with Crippen LogP contribution < -0.4 is 0 Å². The van der Waals surface area contributed by atoms with Crippen molar-refractivity contribution in [1.82, 2.24) is 19.9 Å². The number of fused-ring (bicyclic) bond motifs is 2. The highest BCUT2D eigenvalue weighted by Gasteiger charge is 2.21. The minimum Gasteiger partial charge on any atom is -0.392 e. The lowest BCUT2D eigenvalue weighted by molar-refractivity contribution is 0.101. The third kappa shape index (κ3) is 6.78. The Hall–Kier alpha value is -4.91. The second-order valence-corrected chi connectivity index (χ2v) is 14.2. The molecule has 0 bridgehead atoms. The predicted molar refractivity (Wildman–Crippen MR) is 172 cm³/mol. The van der Waals surface area contributed by atoms with E-state index in [2.05, 4.69) is 19.9 Å². The molecule has 4 aromatic heterocycles. The molecule has 0 spiro atoms. The summed E-state index contributed by atoms with van der Waals surface area (Å²) < 4.78 is 48.1. The first-order valence-electron chi connectivity index (χ1n) is 13.6. The fraction of sp³-hybridized carbons (Fsp3) is 0.121. The number of carbonyl (C=O) groups is 1. The summed E-state index contributed by atoms with van der Waals surface area (Å²) in [5, 5.41) is 9.62. The standard InChI is InChI=1S/C17H14N2O3S.C16H14N2O3S/c1-11(20)13-10-15-14(7-5-9-18-15)19-17(13)12-6-3-4-8-16(12)23(2,21)22;1-22(20,21)15-7-3-2-5-12(15)16-11(10-19)9-14-13(18-16)6-4-8-17-14/h3-10H,1-2H3;2-9,19H,10H2,1H3. The molecule has 0 aliphatic rings. The Morgan fingerprint density at radius 3 is 1.60 bits per heavy atom. The lowest BCUT2D eigenvalue weighted by atomic mass is 10.0. The van der Waals surface area contributed by atoms with E-state index in [1.54, 1.807) is 91.3 Å². The van der Waals surface area contributed by atoms with Crippen molar-refractivity contribution in [3.8, 4) is 22.5 Å². The highest BCUT2D eigenvalue weighted by molar-refractivity contribution is 7.91. The van der Waals surface area contributed by atoms with E-state index in [-0.39, 0.29) is 22.2 Å². The highest BCUT2D eigenvalue weighted by atomic mass is 32.2. The van der Waals surface area contributed by atoms with Crippen molar-refractivity contribution in [3.05, 3.63) is 108 Å². The van der Waals surface area contributed by atoms with Gasteiger partial charge in [0.2, 0.25) is 0 Å². The zero-order valence-corrected chi connectivity index (χ0v) is 26.2. The monoisotopic (exact) mass is 640 g/mol. The number of hydrogen-bond donors (Lipinski definition) is 1. The number of ketones is 1. The number of hydrogen-bond acceptors (Lipinski definition) is 10. The molecule has 6 rings (SSSR count). The number of pyridine rings is 4. The summed E-state index contributed by atoms with van der Waals surface area (Å²) in [7, 11) is -6.84. The van der Waals surface area contributed by atoms with E-state index in [0.717, 1.165) is 12.5 Å². The summed E-state index contributed by atoms with van der Waals surface area (Å²) in [6.45, 7) is 1.19. The normalized spacial score (nSPS) is 11.6. The number of benzene rings is 2. The Labute approximate surface area is 260 Å². The third-order valence-corrected chi connectivity index (χ3v) is 9.19. The van der Waals surface area contributed by atoms with Crippen LogP contribution in [0.25, 0.3) is 44.6 Å². The zero-order valence-electron chi connectivity index (χ0n) is 24.5. The van der Waals surface area contributed by atoms with Gasteiger partial charge in [-0.2, -0.15) is 0 Å². The van der Waals surface area contributed by atoms with E-state index < -0.39 is 19.7 Å². The van der Waals surface area contributed by atoms with Crippen LogP contribution in [0.1, 0.15) is 22.8 Å². The van der Waals surface area contributed by atoms with Crippen molar-refractivity contribution in [2.24, 2.45) is 0 Å². The average Bonchev–Trinajstić information content (AvgIpc) is 3.03. The maximum absolute atomic E-state index is 12.0. The molecule has 6 aromatic rings. The Kier molecular flexibility index (Phi) is 8.82. The lowest BCUT2D eigenvalue weighted by Crippen LogP contribution is -2.05. The van der Waals surface area contributed by atoms with Crippen molar-refractivity contribution in [3.63, 3.8) is 0 Å². The lowest BCUT2D eigenvalue weighted by Gasteiger charge is -2.12. The second kappa shape index (κ2) is 12.6. The van der Waals surface area contributed by atoms with E-state index in [1.165, 1.54) is 13.0 Å². The van der Waals surface area contributed by atoms with Crippen LogP contribution in [-0.4, -0.2) is 60.2 Å². The van der Waals surface area contributed by atoms with Gasteiger partial charge in [-0.25, -0.2) is 26.8 Å². The molecule has 0 fully saturated rings. The van der Waals surface area contributed by atoms with Gasteiger partial charge in [0.1, 0.15) is 0 Å². The van der Waals surface area contributed by atoms with Gasteiger partial charge in [-0.3, -0.25) is 14.8 Å². The first-order chi connectivity index (χ1) is 21.4. The van der Waals surface area contributed by atoms with Crippen molar-refractivity contribution < 1.29 is 26.7 Å². The zero-order chi connectivity index (χ0) is 32.4. The van der Waals surface area contributed by atoms with Crippen LogP contribution in [0.4, 0.5) is 0 Å². The van der Waals surface area contributed by atoms with Crippen LogP contribution in [0.2, 0.25) is 0 Å². The van der Waals surface area contributed by atoms with Gasteiger partial charge in [-0.05, 0) is 55.5 Å². The fourth-order valence-corrected chi connectivity index (χ4v) is 6.62. The maximum atomic E-state index is 12.0. The summed E-state index contributed by atoms with van der Waals surface area (Å²) in [4.78, 5) is 29.8. The number of aromatic nitrogens is 4. The first-order valence-corrected chi connectivity index (χ1v) is 17.4. The van der Waals surface area contributed by atoms with Crippen molar-refractivity contribution in [2.45, 2.75) is 23.3 Å². The molecule has 0 radical (unpaired) electrons. The molecule has 0 aliphatic carbocycles.